The van der Waals surface area contributed by atoms with Crippen molar-refractivity contribution in [3.8, 4) is 11.1 Å². The van der Waals surface area contributed by atoms with E-state index < -0.39 is 53.8 Å². The summed E-state index contributed by atoms with van der Waals surface area (Å²) >= 11 is 6.58. The second-order valence-electron chi connectivity index (χ2n) is 8.24. The minimum Gasteiger partial charge on any atom is -0.394 e. The minimum absolute atomic E-state index is 0.259. The fourth-order valence-electron chi connectivity index (χ4n) is 4.19. The summed E-state index contributed by atoms with van der Waals surface area (Å²) in [5.74, 6) is -0.934. The van der Waals surface area contributed by atoms with Crippen LogP contribution in [0.1, 0.15) is 15.9 Å². The fraction of sp³-hybridized carbons (Fsp3) is 0.409. The Bertz CT molecular complexity index is 1200. The molecule has 3 rings (SSSR count). The lowest BCUT2D eigenvalue weighted by atomic mass is 9.94. The average molecular weight is 854 g/mol. The van der Waals surface area contributed by atoms with Gasteiger partial charge in [0, 0.05) is 32.9 Å². The van der Waals surface area contributed by atoms with Crippen LogP contribution in [0.3, 0.4) is 0 Å². The summed E-state index contributed by atoms with van der Waals surface area (Å²) in [6.07, 6.45) is -6.28. The molecule has 0 radical (unpaired) electrons. The molecule has 0 aromatic heterocycles. The third-order valence-electron chi connectivity index (χ3n) is 6.04. The van der Waals surface area contributed by atoms with Crippen LogP contribution in [0.4, 0.5) is 17.1 Å². The molecule has 2 aromatic rings. The van der Waals surface area contributed by atoms with E-state index in [0.29, 0.717) is 11.1 Å². The number of hydrogen-bond acceptors (Lipinski definition) is 10. The molecule has 0 spiro atoms. The molecule has 1 saturated heterocycles. The first-order valence-electron chi connectivity index (χ1n) is 10.9. The highest BCUT2D eigenvalue weighted by atomic mass is 127. The van der Waals surface area contributed by atoms with Crippen molar-refractivity contribution in [1.29, 1.82) is 0 Å². The number of rotatable bonds is 7. The first-order chi connectivity index (χ1) is 17.4. The molecule has 5 atom stereocenters. The number of benzene rings is 2. The Hall–Kier alpha value is -1.10. The number of halogens is 3. The van der Waals surface area contributed by atoms with E-state index >= 15 is 0 Å². The predicted octanol–water partition coefficient (Wildman–Crippen LogP) is 2.00. The van der Waals surface area contributed by atoms with Gasteiger partial charge in [0.05, 0.1) is 26.5 Å². The number of ether oxygens (including phenoxy) is 1. The van der Waals surface area contributed by atoms with Crippen molar-refractivity contribution in [2.75, 3.05) is 31.3 Å². The van der Waals surface area contributed by atoms with Crippen LogP contribution in [0.25, 0.3) is 11.1 Å². The van der Waals surface area contributed by atoms with Crippen LogP contribution in [-0.4, -0.2) is 82.6 Å². The summed E-state index contributed by atoms with van der Waals surface area (Å²) in [4.78, 5) is 24.6. The van der Waals surface area contributed by atoms with Gasteiger partial charge in [0.2, 0.25) is 0 Å². The number of anilines is 2. The maximum atomic E-state index is 13.2. The van der Waals surface area contributed by atoms with Gasteiger partial charge >= 0.3 is 0 Å². The second-order valence-corrected chi connectivity index (χ2v) is 11.5. The largest absolute Gasteiger partial charge is 0.394 e. The van der Waals surface area contributed by atoms with Gasteiger partial charge in [-0.3, -0.25) is 14.9 Å². The van der Waals surface area contributed by atoms with Gasteiger partial charge in [-0.2, -0.15) is 0 Å². The number of aryl methyl sites for hydroxylation is 1. The second kappa shape index (κ2) is 12.4. The smallest absolute Gasteiger partial charge is 0.283 e. The molecule has 2 aromatic carbocycles. The van der Waals surface area contributed by atoms with Gasteiger partial charge < -0.3 is 41.1 Å². The lowest BCUT2D eigenvalue weighted by Crippen LogP contribution is -2.64. The van der Waals surface area contributed by atoms with E-state index in [1.807, 2.05) is 0 Å². The van der Waals surface area contributed by atoms with Crippen LogP contribution in [0.5, 0.6) is 0 Å². The van der Waals surface area contributed by atoms with Crippen molar-refractivity contribution in [3.05, 3.63) is 44.1 Å². The van der Waals surface area contributed by atoms with Crippen LogP contribution >= 0.6 is 67.8 Å². The highest BCUT2D eigenvalue weighted by molar-refractivity contribution is 14.1. The van der Waals surface area contributed by atoms with Crippen LogP contribution in [0.2, 0.25) is 0 Å². The summed E-state index contributed by atoms with van der Waals surface area (Å²) in [6.45, 7) is 0.888. The molecular formula is C22H25I3N4O8. The molecule has 1 aliphatic rings. The number of aliphatic hydroxyl groups is 4. The van der Waals surface area contributed by atoms with Gasteiger partial charge in [0.1, 0.15) is 29.9 Å². The number of nitro benzene ring substituents is 1. The zero-order valence-electron chi connectivity index (χ0n) is 19.8. The van der Waals surface area contributed by atoms with E-state index in [0.717, 1.165) is 27.6 Å². The lowest BCUT2D eigenvalue weighted by Gasteiger charge is -2.40. The van der Waals surface area contributed by atoms with Crippen LogP contribution in [0, 0.1) is 27.7 Å². The number of nitrogens with one attached hydrogen (secondary N) is 3. The Balaban J connectivity index is 2.10. The molecule has 5 unspecified atom stereocenters. The number of amides is 1. The number of nitrogens with zero attached hydrogens (tertiary/aromatic N) is 1. The quantitative estimate of drug-likeness (QED) is 0.124. The topological polar surface area (TPSA) is 186 Å². The third kappa shape index (κ3) is 5.77. The van der Waals surface area contributed by atoms with Gasteiger partial charge in [-0.1, -0.05) is 6.07 Å². The van der Waals surface area contributed by atoms with E-state index in [1.54, 1.807) is 27.1 Å². The third-order valence-corrected chi connectivity index (χ3v) is 9.28. The Morgan fingerprint density at radius 3 is 2.11 bits per heavy atom. The van der Waals surface area contributed by atoms with Gasteiger partial charge in [0.15, 0.2) is 6.29 Å². The summed E-state index contributed by atoms with van der Waals surface area (Å²) < 4.78 is 7.71. The van der Waals surface area contributed by atoms with Crippen molar-refractivity contribution in [2.45, 2.75) is 37.6 Å². The highest BCUT2D eigenvalue weighted by Crippen LogP contribution is 2.44. The van der Waals surface area contributed by atoms with E-state index in [-0.39, 0.29) is 5.56 Å². The summed E-state index contributed by atoms with van der Waals surface area (Å²) in [6, 6.07) is 1.49. The standard InChI is InChI=1S/C22H25I3N4O8/c1-7-4-8(12-13(23)16(26-2)15(25)17(27-3)14(12)24)5-9(29(35)36)11(7)21(33)28-18-20(32)19(31)10(6-30)37-22(18)34/h4-5,10,18-20,22,26-27,30-32,34H,6H2,1-3H3,(H,28,33). The molecule has 15 heteroatoms. The van der Waals surface area contributed by atoms with Crippen LogP contribution < -0.4 is 16.0 Å². The Labute approximate surface area is 253 Å². The number of hydrogen-bond donors (Lipinski definition) is 7. The van der Waals surface area contributed by atoms with Crippen molar-refractivity contribution in [2.24, 2.45) is 0 Å². The lowest BCUT2D eigenvalue weighted by molar-refractivity contribution is -0.385. The number of carbonyl (C=O) groups is 1. The van der Waals surface area contributed by atoms with Crippen LogP contribution in [-0.2, 0) is 4.74 Å². The summed E-state index contributed by atoms with van der Waals surface area (Å²) in [5, 5.41) is 60.7. The highest BCUT2D eigenvalue weighted by Gasteiger charge is 2.45. The molecule has 0 bridgehead atoms. The maximum absolute atomic E-state index is 13.2. The zero-order chi connectivity index (χ0) is 27.8. The summed E-state index contributed by atoms with van der Waals surface area (Å²) in [5.41, 5.74) is 2.54. The zero-order valence-corrected chi connectivity index (χ0v) is 26.2. The Morgan fingerprint density at radius 2 is 1.62 bits per heavy atom. The Morgan fingerprint density at radius 1 is 1.05 bits per heavy atom. The van der Waals surface area contributed by atoms with E-state index in [9.17, 15) is 35.3 Å². The number of nitro groups is 1. The molecule has 202 valence electrons. The minimum atomic E-state index is -1.76. The molecule has 1 aliphatic heterocycles. The molecule has 0 aliphatic carbocycles. The van der Waals surface area contributed by atoms with E-state index in [1.165, 1.54) is 6.07 Å². The normalized spacial score (nSPS) is 23.5. The number of aliphatic hydroxyl groups excluding tert-OH is 4. The SMILES string of the molecule is CNc1c(I)c(NC)c(I)c(-c2cc(C)c(C(=O)NC3C(O)OC(CO)C(O)C3O)c([N+](=O)[O-])c2)c1I. The van der Waals surface area contributed by atoms with Crippen molar-refractivity contribution >= 4 is 90.7 Å². The first kappa shape index (κ1) is 30.4. The van der Waals surface area contributed by atoms with Gasteiger partial charge in [0.25, 0.3) is 11.6 Å². The van der Waals surface area contributed by atoms with Gasteiger partial charge in [-0.15, -0.1) is 0 Å². The monoisotopic (exact) mass is 854 g/mol. The maximum Gasteiger partial charge on any atom is 0.283 e. The molecule has 37 heavy (non-hydrogen) atoms. The number of carbonyl (C=O) groups excluding carboxylic acids is 1. The molecule has 1 amide bonds. The van der Waals surface area contributed by atoms with E-state index in [2.05, 4.69) is 83.7 Å². The predicted molar refractivity (Wildman–Crippen MR) is 162 cm³/mol. The molecule has 12 nitrogen and oxygen atoms in total. The van der Waals surface area contributed by atoms with Gasteiger partial charge in [-0.25, -0.2) is 0 Å². The van der Waals surface area contributed by atoms with Gasteiger partial charge in [-0.05, 0) is 85.8 Å². The molecule has 1 fully saturated rings. The fourth-order valence-corrected chi connectivity index (χ4v) is 9.05. The first-order valence-corrected chi connectivity index (χ1v) is 14.1. The molecule has 1 heterocycles. The average Bonchev–Trinajstić information content (AvgIpc) is 2.84. The molecular weight excluding hydrogens is 829 g/mol. The van der Waals surface area contributed by atoms with Crippen LogP contribution in [0.15, 0.2) is 12.1 Å². The molecule has 7 N–H and O–H groups in total. The van der Waals surface area contributed by atoms with Crippen molar-refractivity contribution in [1.82, 2.24) is 5.32 Å². The summed E-state index contributed by atoms with van der Waals surface area (Å²) in [7, 11) is 3.57. The Kier molecular flexibility index (Phi) is 10.2. The molecule has 0 saturated carbocycles. The van der Waals surface area contributed by atoms with Crippen molar-refractivity contribution < 1.29 is 34.9 Å². The van der Waals surface area contributed by atoms with Crippen molar-refractivity contribution in [3.63, 3.8) is 0 Å². The van der Waals surface area contributed by atoms with E-state index in [4.69, 9.17) is 4.74 Å².